The van der Waals surface area contributed by atoms with Gasteiger partial charge < -0.3 is 15.6 Å². The molecule has 3 heterocycles. The topological polar surface area (TPSA) is 115 Å². The molecule has 8 heteroatoms. The number of aromatic amines is 1. The minimum atomic E-state index is -0.383. The second kappa shape index (κ2) is 7.54. The van der Waals surface area contributed by atoms with Gasteiger partial charge in [0.25, 0.3) is 11.5 Å². The summed E-state index contributed by atoms with van der Waals surface area (Å²) in [7, 11) is 0. The molecule has 0 unspecified atom stereocenters. The highest BCUT2D eigenvalue weighted by Crippen LogP contribution is 2.72. The summed E-state index contributed by atoms with van der Waals surface area (Å²) >= 11 is 0. The van der Waals surface area contributed by atoms with E-state index in [2.05, 4.69) is 32.7 Å². The first kappa shape index (κ1) is 20.6. The summed E-state index contributed by atoms with van der Waals surface area (Å²) < 4.78 is 1.40. The van der Waals surface area contributed by atoms with Crippen LogP contribution in [0.4, 0.5) is 0 Å². The lowest BCUT2D eigenvalue weighted by Gasteiger charge is -2.67. The monoisotopic (exact) mass is 452 g/mol. The molecule has 3 saturated carbocycles. The van der Waals surface area contributed by atoms with Crippen LogP contribution in [0.15, 0.2) is 59.5 Å². The van der Waals surface area contributed by atoms with Crippen molar-refractivity contribution in [2.45, 2.75) is 32.4 Å². The van der Waals surface area contributed by atoms with Crippen LogP contribution in [0, 0.1) is 22.2 Å². The van der Waals surface area contributed by atoms with Crippen molar-refractivity contribution in [2.75, 3.05) is 6.54 Å². The molecule has 0 saturated heterocycles. The third-order valence-corrected chi connectivity index (χ3v) is 7.19. The van der Waals surface area contributed by atoms with Gasteiger partial charge in [-0.15, -0.1) is 0 Å². The van der Waals surface area contributed by atoms with Crippen molar-refractivity contribution >= 4 is 22.5 Å². The summed E-state index contributed by atoms with van der Waals surface area (Å²) in [5, 5.41) is 16.7. The molecule has 8 nitrogen and oxygen atoms in total. The number of fused-ring (bicyclic) bond motifs is 2. The molecule has 3 aliphatic carbocycles. The minimum absolute atomic E-state index is 0.00475. The van der Waals surface area contributed by atoms with Gasteiger partial charge in [0.05, 0.1) is 11.5 Å². The lowest BCUT2D eigenvalue weighted by atomic mass is 9.36. The molecule has 0 spiro atoms. The number of nitrogens with zero attached hydrogens (tertiary/aromatic N) is 3. The van der Waals surface area contributed by atoms with E-state index in [1.54, 1.807) is 24.4 Å². The second-order valence-corrected chi connectivity index (χ2v) is 9.83. The van der Waals surface area contributed by atoms with E-state index in [0.717, 1.165) is 54.5 Å². The molecule has 0 atom stereocenters. The molecular formula is C26H24N6O2. The average Bonchev–Trinajstić information content (AvgIpc) is 3.20. The predicted octanol–water partition coefficient (Wildman–Crippen LogP) is 2.89. The Morgan fingerprint density at radius 2 is 2.00 bits per heavy atom. The number of carbonyl (C=O) groups excluding carboxylic acids is 1. The van der Waals surface area contributed by atoms with E-state index < -0.39 is 0 Å². The van der Waals surface area contributed by atoms with Crippen molar-refractivity contribution < 1.29 is 4.79 Å². The third-order valence-electron chi connectivity index (χ3n) is 7.19. The van der Waals surface area contributed by atoms with Gasteiger partial charge in [-0.2, -0.15) is 5.26 Å². The van der Waals surface area contributed by atoms with E-state index >= 15 is 0 Å². The van der Waals surface area contributed by atoms with Crippen LogP contribution in [0.3, 0.4) is 0 Å². The summed E-state index contributed by atoms with van der Waals surface area (Å²) in [6, 6.07) is 17.1. The first-order valence-corrected chi connectivity index (χ1v) is 11.5. The minimum Gasteiger partial charge on any atom is -0.357 e. The normalized spacial score (nSPS) is 22.7. The Morgan fingerprint density at radius 1 is 1.15 bits per heavy atom. The molecule has 3 N–H and O–H groups in total. The van der Waals surface area contributed by atoms with Gasteiger partial charge in [-0.25, -0.2) is 4.98 Å². The Kier molecular flexibility index (Phi) is 4.57. The predicted molar refractivity (Wildman–Crippen MR) is 127 cm³/mol. The molecule has 3 aliphatic rings. The van der Waals surface area contributed by atoms with Crippen LogP contribution in [0.1, 0.15) is 41.0 Å². The molecule has 0 radical (unpaired) electrons. The zero-order chi connectivity index (χ0) is 23.3. The Hall–Kier alpha value is -3.96. The van der Waals surface area contributed by atoms with Crippen LogP contribution in [0.25, 0.3) is 16.6 Å². The maximum absolute atomic E-state index is 12.6. The fourth-order valence-corrected chi connectivity index (χ4v) is 5.65. The van der Waals surface area contributed by atoms with Crippen molar-refractivity contribution in [3.8, 4) is 6.07 Å². The fourth-order valence-electron chi connectivity index (χ4n) is 5.65. The van der Waals surface area contributed by atoms with Crippen molar-refractivity contribution in [3.05, 3.63) is 82.0 Å². The van der Waals surface area contributed by atoms with Crippen LogP contribution in [0.2, 0.25) is 0 Å². The van der Waals surface area contributed by atoms with E-state index in [0.29, 0.717) is 17.6 Å². The molecule has 2 bridgehead atoms. The zero-order valence-electron chi connectivity index (χ0n) is 18.6. The highest BCUT2D eigenvalue weighted by Gasteiger charge is 2.67. The number of nitrogens with one attached hydrogen (secondary N) is 3. The van der Waals surface area contributed by atoms with E-state index in [9.17, 15) is 9.59 Å². The van der Waals surface area contributed by atoms with Gasteiger partial charge >= 0.3 is 0 Å². The Bertz CT molecular complexity index is 1520. The van der Waals surface area contributed by atoms with Gasteiger partial charge in [0.1, 0.15) is 11.3 Å². The number of nitriles is 1. The largest absolute Gasteiger partial charge is 0.357 e. The van der Waals surface area contributed by atoms with Gasteiger partial charge in [0.15, 0.2) is 0 Å². The first-order chi connectivity index (χ1) is 16.5. The van der Waals surface area contributed by atoms with E-state index in [-0.39, 0.29) is 22.6 Å². The molecule has 0 aliphatic heterocycles. The smallest absolute Gasteiger partial charge is 0.270 e. The maximum Gasteiger partial charge on any atom is 0.270 e. The standard InChI is InChI=1S/C26H24N6O2/c27-15-25-12-26(13-25,14-25)16-28-11-19-8-18-5-4-17(7-20(18)30-19)10-29-24(34)21-9-23(33)32-6-2-1-3-22(32)31-21/h1-9,28,30H,10-14,16H2,(H,29,34). The number of rotatable bonds is 7. The summed E-state index contributed by atoms with van der Waals surface area (Å²) in [4.78, 5) is 32.6. The van der Waals surface area contributed by atoms with Gasteiger partial charge in [0, 0.05) is 43.1 Å². The van der Waals surface area contributed by atoms with Crippen LogP contribution in [-0.4, -0.2) is 26.8 Å². The number of amides is 1. The fraction of sp³-hybridized carbons (Fsp3) is 0.308. The first-order valence-electron chi connectivity index (χ1n) is 11.5. The molecule has 34 heavy (non-hydrogen) atoms. The average molecular weight is 453 g/mol. The van der Waals surface area contributed by atoms with Crippen LogP contribution >= 0.6 is 0 Å². The number of H-pyrrole nitrogens is 1. The summed E-state index contributed by atoms with van der Waals surface area (Å²) in [5.41, 5.74) is 3.67. The summed E-state index contributed by atoms with van der Waals surface area (Å²) in [6.07, 6.45) is 4.74. The van der Waals surface area contributed by atoms with E-state index in [1.165, 1.54) is 10.5 Å². The molecule has 1 amide bonds. The number of pyridine rings is 1. The van der Waals surface area contributed by atoms with Crippen molar-refractivity contribution in [2.24, 2.45) is 10.8 Å². The third kappa shape index (κ3) is 3.45. The van der Waals surface area contributed by atoms with Crippen molar-refractivity contribution in [1.82, 2.24) is 25.0 Å². The molecule has 7 rings (SSSR count). The van der Waals surface area contributed by atoms with Gasteiger partial charge in [-0.1, -0.05) is 18.2 Å². The molecule has 170 valence electrons. The van der Waals surface area contributed by atoms with Gasteiger partial charge in [-0.3, -0.25) is 14.0 Å². The summed E-state index contributed by atoms with van der Waals surface area (Å²) in [5.74, 6) is -0.383. The zero-order valence-corrected chi connectivity index (χ0v) is 18.6. The summed E-state index contributed by atoms with van der Waals surface area (Å²) in [6.45, 7) is 2.04. The molecule has 1 aromatic carbocycles. The molecule has 4 aromatic rings. The maximum atomic E-state index is 12.6. The van der Waals surface area contributed by atoms with Crippen LogP contribution in [0.5, 0.6) is 0 Å². The lowest BCUT2D eigenvalue weighted by Crippen LogP contribution is -2.64. The molecular weight excluding hydrogens is 428 g/mol. The molecule has 3 aromatic heterocycles. The lowest BCUT2D eigenvalue weighted by molar-refractivity contribution is -0.159. The number of hydrogen-bond acceptors (Lipinski definition) is 5. The van der Waals surface area contributed by atoms with Crippen LogP contribution in [-0.2, 0) is 13.1 Å². The SMILES string of the molecule is N#CC12CC(CNCc3cc4ccc(CNC(=O)c5cc(=O)n6ccccc6n5)cc4[nH]3)(C1)C2. The number of hydrogen-bond donors (Lipinski definition) is 3. The molecule has 3 fully saturated rings. The number of carbonyl (C=O) groups is 1. The highest BCUT2D eigenvalue weighted by molar-refractivity contribution is 5.92. The van der Waals surface area contributed by atoms with Gasteiger partial charge in [0.2, 0.25) is 0 Å². The number of aromatic nitrogens is 3. The quantitative estimate of drug-likeness (QED) is 0.399. The van der Waals surface area contributed by atoms with Crippen LogP contribution < -0.4 is 16.2 Å². The Balaban J connectivity index is 1.07. The van der Waals surface area contributed by atoms with E-state index in [4.69, 9.17) is 5.26 Å². The number of benzene rings is 1. The Labute approximate surface area is 195 Å². The highest BCUT2D eigenvalue weighted by atomic mass is 16.2. The second-order valence-electron chi connectivity index (χ2n) is 9.83. The van der Waals surface area contributed by atoms with Gasteiger partial charge in [-0.05, 0) is 59.9 Å². The Morgan fingerprint density at radius 3 is 2.82 bits per heavy atom. The van der Waals surface area contributed by atoms with Crippen molar-refractivity contribution in [3.63, 3.8) is 0 Å². The van der Waals surface area contributed by atoms with E-state index in [1.807, 2.05) is 18.2 Å². The van der Waals surface area contributed by atoms with Crippen molar-refractivity contribution in [1.29, 1.82) is 5.26 Å².